The zero-order chi connectivity index (χ0) is 21.2. The average Bonchev–Trinajstić information content (AvgIpc) is 3.19. The summed E-state index contributed by atoms with van der Waals surface area (Å²) in [5, 5.41) is 2.67. The molecule has 1 saturated heterocycles. The molecule has 3 N–H and O–H groups in total. The number of nitrogens with two attached hydrogens (primary N) is 1. The Labute approximate surface area is 165 Å². The van der Waals surface area contributed by atoms with Gasteiger partial charge >= 0.3 is 6.18 Å². The summed E-state index contributed by atoms with van der Waals surface area (Å²) in [6.07, 6.45) is -2.79. The van der Waals surface area contributed by atoms with Gasteiger partial charge in [-0.25, -0.2) is 13.4 Å². The Morgan fingerprint density at radius 2 is 1.93 bits per heavy atom. The highest BCUT2D eigenvalue weighted by Crippen LogP contribution is 2.31. The van der Waals surface area contributed by atoms with Crippen LogP contribution in [0.4, 0.5) is 18.9 Å². The molecule has 0 spiro atoms. The number of hydrogen-bond donors (Lipinski definition) is 2. The number of rotatable bonds is 5. The van der Waals surface area contributed by atoms with Crippen LogP contribution in [0.2, 0.25) is 0 Å². The van der Waals surface area contributed by atoms with E-state index in [4.69, 9.17) is 10.5 Å². The standard InChI is InChI=1S/C18H18F3N3O4S/c19-18(20,21)12-1-3-13(4-2-12)29(26,27)14-7-15(22)16(23-9-14)17(25)24-8-11-5-6-28-10-11/h1-4,7,9,11H,5-6,8,10,22H2,(H,24,25)/t11-/m1/s1. The Morgan fingerprint density at radius 1 is 1.24 bits per heavy atom. The van der Waals surface area contributed by atoms with Crippen LogP contribution in [0.15, 0.2) is 46.3 Å². The number of sulfone groups is 1. The summed E-state index contributed by atoms with van der Waals surface area (Å²) in [5.41, 5.74) is 4.55. The minimum absolute atomic E-state index is 0.129. The smallest absolute Gasteiger partial charge is 0.397 e. The number of benzene rings is 1. The summed E-state index contributed by atoms with van der Waals surface area (Å²) in [6.45, 7) is 1.57. The van der Waals surface area contributed by atoms with Gasteiger partial charge in [-0.1, -0.05) is 0 Å². The number of nitrogens with one attached hydrogen (secondary N) is 1. The Kier molecular flexibility index (Phi) is 5.80. The Morgan fingerprint density at radius 3 is 2.48 bits per heavy atom. The fraction of sp³-hybridized carbons (Fsp3) is 0.333. The predicted octanol–water partition coefficient (Wildman–Crippen LogP) is 2.28. The van der Waals surface area contributed by atoms with Gasteiger partial charge in [-0.3, -0.25) is 4.79 Å². The minimum Gasteiger partial charge on any atom is -0.397 e. The van der Waals surface area contributed by atoms with Crippen LogP contribution in [0.1, 0.15) is 22.5 Å². The molecule has 29 heavy (non-hydrogen) atoms. The molecule has 0 bridgehead atoms. The number of amides is 1. The fourth-order valence-corrected chi connectivity index (χ4v) is 4.06. The lowest BCUT2D eigenvalue weighted by Crippen LogP contribution is -2.30. The van der Waals surface area contributed by atoms with Crippen molar-refractivity contribution in [2.45, 2.75) is 22.4 Å². The first kappa shape index (κ1) is 21.1. The number of aromatic nitrogens is 1. The van der Waals surface area contributed by atoms with Crippen LogP contribution in [0, 0.1) is 5.92 Å². The molecule has 1 amide bonds. The molecule has 1 aromatic carbocycles. The van der Waals surface area contributed by atoms with Crippen molar-refractivity contribution in [2.24, 2.45) is 5.92 Å². The normalized spacial score (nSPS) is 17.3. The van der Waals surface area contributed by atoms with Crippen LogP contribution in [0.5, 0.6) is 0 Å². The zero-order valence-electron chi connectivity index (χ0n) is 15.1. The van der Waals surface area contributed by atoms with Crippen molar-refractivity contribution in [3.8, 4) is 0 Å². The maximum atomic E-state index is 12.7. The Bertz CT molecular complexity index is 1000. The van der Waals surface area contributed by atoms with Crippen LogP contribution in [0.3, 0.4) is 0 Å². The van der Waals surface area contributed by atoms with Gasteiger partial charge < -0.3 is 15.8 Å². The molecule has 1 aliphatic rings. The lowest BCUT2D eigenvalue weighted by atomic mass is 10.1. The van der Waals surface area contributed by atoms with Gasteiger partial charge in [0.1, 0.15) is 0 Å². The fourth-order valence-electron chi connectivity index (χ4n) is 2.82. The van der Waals surface area contributed by atoms with Gasteiger partial charge in [0.15, 0.2) is 5.69 Å². The molecule has 0 aliphatic carbocycles. The molecule has 1 aromatic heterocycles. The second-order valence-corrected chi connectivity index (χ2v) is 8.52. The number of nitrogens with zero attached hydrogens (tertiary/aromatic N) is 1. The van der Waals surface area contributed by atoms with Gasteiger partial charge in [0.2, 0.25) is 9.84 Å². The van der Waals surface area contributed by atoms with Gasteiger partial charge in [0, 0.05) is 25.3 Å². The second-order valence-electron chi connectivity index (χ2n) is 6.57. The third-order valence-corrected chi connectivity index (χ3v) is 6.22. The van der Waals surface area contributed by atoms with Gasteiger partial charge in [-0.2, -0.15) is 13.2 Å². The molecule has 0 unspecified atom stereocenters. The first-order valence-corrected chi connectivity index (χ1v) is 10.1. The summed E-state index contributed by atoms with van der Waals surface area (Å²) < 4.78 is 68.5. The molecule has 2 aromatic rings. The van der Waals surface area contributed by atoms with E-state index in [1.165, 1.54) is 0 Å². The topological polar surface area (TPSA) is 111 Å². The van der Waals surface area contributed by atoms with Crippen molar-refractivity contribution in [2.75, 3.05) is 25.5 Å². The molecular formula is C18H18F3N3O4S. The lowest BCUT2D eigenvalue weighted by molar-refractivity contribution is -0.137. The van der Waals surface area contributed by atoms with E-state index < -0.39 is 27.5 Å². The third kappa shape index (κ3) is 4.67. The van der Waals surface area contributed by atoms with Crippen LogP contribution < -0.4 is 11.1 Å². The van der Waals surface area contributed by atoms with Gasteiger partial charge in [-0.05, 0) is 36.8 Å². The molecule has 2 heterocycles. The van der Waals surface area contributed by atoms with E-state index >= 15 is 0 Å². The van der Waals surface area contributed by atoms with Gasteiger partial charge in [0.05, 0.1) is 27.6 Å². The van der Waals surface area contributed by atoms with E-state index in [0.29, 0.717) is 31.9 Å². The zero-order valence-corrected chi connectivity index (χ0v) is 15.9. The largest absolute Gasteiger partial charge is 0.416 e. The summed E-state index contributed by atoms with van der Waals surface area (Å²) in [6, 6.07) is 4.14. The molecule has 3 rings (SSSR count). The van der Waals surface area contributed by atoms with E-state index in [9.17, 15) is 26.4 Å². The number of carbonyl (C=O) groups is 1. The predicted molar refractivity (Wildman–Crippen MR) is 96.8 cm³/mol. The van der Waals surface area contributed by atoms with Crippen LogP contribution >= 0.6 is 0 Å². The van der Waals surface area contributed by atoms with Crippen LogP contribution in [-0.4, -0.2) is 39.1 Å². The number of nitrogen functional groups attached to an aromatic ring is 1. The molecule has 0 radical (unpaired) electrons. The van der Waals surface area contributed by atoms with Crippen molar-refractivity contribution in [3.05, 3.63) is 47.8 Å². The van der Waals surface area contributed by atoms with E-state index in [2.05, 4.69) is 10.3 Å². The number of alkyl halides is 3. The molecule has 11 heteroatoms. The molecule has 1 fully saturated rings. The van der Waals surface area contributed by atoms with Crippen molar-refractivity contribution in [3.63, 3.8) is 0 Å². The number of halogens is 3. The minimum atomic E-state index is -4.58. The Balaban J connectivity index is 1.78. The number of pyridine rings is 1. The van der Waals surface area contributed by atoms with Crippen molar-refractivity contribution < 1.29 is 31.1 Å². The summed E-state index contributed by atoms with van der Waals surface area (Å²) >= 11 is 0. The van der Waals surface area contributed by atoms with Crippen molar-refractivity contribution >= 4 is 21.4 Å². The van der Waals surface area contributed by atoms with E-state index in [1.54, 1.807) is 0 Å². The van der Waals surface area contributed by atoms with Crippen LogP contribution in [-0.2, 0) is 20.8 Å². The number of anilines is 1. The number of ether oxygens (including phenoxy) is 1. The summed E-state index contributed by atoms with van der Waals surface area (Å²) in [7, 11) is -4.15. The Hall–Kier alpha value is -2.66. The maximum Gasteiger partial charge on any atom is 0.416 e. The SMILES string of the molecule is Nc1cc(S(=O)(=O)c2ccc(C(F)(F)F)cc2)cnc1C(=O)NC[C@H]1CCOC1. The van der Waals surface area contributed by atoms with E-state index in [1.807, 2.05) is 0 Å². The monoisotopic (exact) mass is 429 g/mol. The molecule has 7 nitrogen and oxygen atoms in total. The van der Waals surface area contributed by atoms with Gasteiger partial charge in [0.25, 0.3) is 5.91 Å². The first-order valence-electron chi connectivity index (χ1n) is 8.63. The molecule has 1 aliphatic heterocycles. The molecule has 1 atom stereocenters. The molecule has 0 saturated carbocycles. The molecule has 156 valence electrons. The van der Waals surface area contributed by atoms with E-state index in [0.717, 1.165) is 30.8 Å². The van der Waals surface area contributed by atoms with Gasteiger partial charge in [-0.15, -0.1) is 0 Å². The van der Waals surface area contributed by atoms with Crippen LogP contribution in [0.25, 0.3) is 0 Å². The highest BCUT2D eigenvalue weighted by Gasteiger charge is 2.31. The molecular weight excluding hydrogens is 411 g/mol. The van der Waals surface area contributed by atoms with Crippen molar-refractivity contribution in [1.29, 1.82) is 0 Å². The quantitative estimate of drug-likeness (QED) is 0.754. The van der Waals surface area contributed by atoms with E-state index in [-0.39, 0.29) is 27.1 Å². The average molecular weight is 429 g/mol. The maximum absolute atomic E-state index is 12.7. The highest BCUT2D eigenvalue weighted by molar-refractivity contribution is 7.91. The number of carbonyl (C=O) groups excluding carboxylic acids is 1. The van der Waals surface area contributed by atoms with Crippen molar-refractivity contribution in [1.82, 2.24) is 10.3 Å². The second kappa shape index (κ2) is 7.99. The first-order chi connectivity index (χ1) is 13.6. The summed E-state index contributed by atoms with van der Waals surface area (Å²) in [5.74, 6) is -0.354. The third-order valence-electron chi connectivity index (χ3n) is 4.48. The summed E-state index contributed by atoms with van der Waals surface area (Å²) in [4.78, 5) is 15.4. The lowest BCUT2D eigenvalue weighted by Gasteiger charge is -2.12. The number of hydrogen-bond acceptors (Lipinski definition) is 6. The highest BCUT2D eigenvalue weighted by atomic mass is 32.2.